The van der Waals surface area contributed by atoms with Gasteiger partial charge in [0.05, 0.1) is 47.2 Å². The number of hydrogen-bond acceptors (Lipinski definition) is 10. The molecule has 0 spiro atoms. The van der Waals surface area contributed by atoms with E-state index in [0.29, 0.717) is 46.4 Å². The number of halogens is 2. The fraction of sp³-hybridized carbons (Fsp3) is 0.194. The van der Waals surface area contributed by atoms with Crippen LogP contribution in [0.4, 0.5) is 11.4 Å². The average Bonchev–Trinajstić information content (AvgIpc) is 3.30. The second kappa shape index (κ2) is 13.5. The van der Waals surface area contributed by atoms with Crippen molar-refractivity contribution in [3.63, 3.8) is 0 Å². The van der Waals surface area contributed by atoms with E-state index in [-0.39, 0.29) is 30.2 Å². The molecule has 0 amide bonds. The fourth-order valence-corrected chi connectivity index (χ4v) is 7.42. The number of fused-ring (bicyclic) bond motifs is 1. The zero-order valence-electron chi connectivity index (χ0n) is 24.5. The van der Waals surface area contributed by atoms with Gasteiger partial charge in [-0.2, -0.15) is 0 Å². The van der Waals surface area contributed by atoms with E-state index in [4.69, 9.17) is 9.47 Å². The number of carbonyl (C=O) groups excluding carboxylic acids is 1. The van der Waals surface area contributed by atoms with E-state index in [0.717, 1.165) is 16.9 Å². The van der Waals surface area contributed by atoms with E-state index in [1.165, 1.54) is 22.8 Å². The number of hydrogen-bond donors (Lipinski definition) is 0. The first-order valence-corrected chi connectivity index (χ1v) is 16.1. The smallest absolute Gasteiger partial charge is 0.338 e. The Hall–Kier alpha value is -4.47. The van der Waals surface area contributed by atoms with Crippen LogP contribution >= 0.6 is 43.2 Å². The molecular formula is C31H24Br2N4O8S. The number of allylic oxidation sites excluding steroid dienone is 1. The predicted molar refractivity (Wildman–Crippen MR) is 178 cm³/mol. The summed E-state index contributed by atoms with van der Waals surface area (Å²) in [5.41, 5.74) is 2.09. The third-order valence-corrected chi connectivity index (χ3v) is 9.27. The molecule has 15 heteroatoms. The van der Waals surface area contributed by atoms with Crippen molar-refractivity contribution < 1.29 is 24.1 Å². The van der Waals surface area contributed by atoms with Gasteiger partial charge in [0.15, 0.2) is 4.80 Å². The van der Waals surface area contributed by atoms with Crippen LogP contribution in [0.25, 0.3) is 6.08 Å². The maximum Gasteiger partial charge on any atom is 0.338 e. The predicted octanol–water partition coefficient (Wildman–Crippen LogP) is 6.03. The van der Waals surface area contributed by atoms with Crippen molar-refractivity contribution in [3.8, 4) is 5.75 Å². The zero-order valence-corrected chi connectivity index (χ0v) is 28.5. The molecule has 0 saturated carbocycles. The lowest BCUT2D eigenvalue weighted by molar-refractivity contribution is -0.385. The number of esters is 1. The van der Waals surface area contributed by atoms with Gasteiger partial charge in [-0.3, -0.25) is 29.6 Å². The van der Waals surface area contributed by atoms with E-state index >= 15 is 0 Å². The SMILES string of the molecule is CCOC(=O)C1=C(C)N=c2s/c(=C/c3cc(Br)c(OCc4ccc([N+](=O)[O-])cc4)c(Br)c3)c(=O)n2[C@@H]1c1ccc(C)c([N+](=O)[O-])c1. The standard InChI is InChI=1S/C31H24Br2N4O8S/c1-4-44-30(39)26-17(3)34-31-35(27(26)20-8-5-16(2)24(14-20)37(42)43)29(38)25(46-31)13-19-11-22(32)28(23(33)12-19)45-15-18-6-9-21(10-7-18)36(40)41/h5-14,27H,4,15H2,1-3H3/b25-13+/t27-/m1/s1. The van der Waals surface area contributed by atoms with Gasteiger partial charge >= 0.3 is 5.97 Å². The van der Waals surface area contributed by atoms with Gasteiger partial charge in [-0.25, -0.2) is 9.79 Å². The average molecular weight is 772 g/mol. The number of non-ortho nitro benzene ring substituents is 1. The molecule has 2 heterocycles. The highest BCUT2D eigenvalue weighted by molar-refractivity contribution is 9.11. The van der Waals surface area contributed by atoms with Crippen molar-refractivity contribution in [1.29, 1.82) is 0 Å². The van der Waals surface area contributed by atoms with E-state index in [2.05, 4.69) is 36.9 Å². The van der Waals surface area contributed by atoms with Crippen LogP contribution in [-0.4, -0.2) is 27.0 Å². The molecule has 0 aliphatic carbocycles. The maximum atomic E-state index is 14.0. The second-order valence-corrected chi connectivity index (χ2v) is 12.8. The van der Waals surface area contributed by atoms with Crippen molar-refractivity contribution in [2.45, 2.75) is 33.4 Å². The number of benzene rings is 3. The lowest BCUT2D eigenvalue weighted by Crippen LogP contribution is -2.40. The Bertz CT molecular complexity index is 2100. The summed E-state index contributed by atoms with van der Waals surface area (Å²) in [6.07, 6.45) is 1.68. The summed E-state index contributed by atoms with van der Waals surface area (Å²) in [5, 5.41) is 22.7. The molecule has 236 valence electrons. The number of carbonyl (C=O) groups is 1. The fourth-order valence-electron chi connectivity index (χ4n) is 4.92. The molecule has 1 atom stereocenters. The Morgan fingerprint density at radius 2 is 1.72 bits per heavy atom. The number of aryl methyl sites for hydroxylation is 1. The van der Waals surface area contributed by atoms with Crippen LogP contribution < -0.4 is 19.6 Å². The second-order valence-electron chi connectivity index (χ2n) is 10.1. The molecule has 1 aromatic heterocycles. The minimum absolute atomic E-state index is 0.0143. The molecule has 1 aliphatic heterocycles. The van der Waals surface area contributed by atoms with Crippen molar-refractivity contribution in [1.82, 2.24) is 4.57 Å². The molecule has 0 unspecified atom stereocenters. The minimum Gasteiger partial charge on any atom is -0.487 e. The monoisotopic (exact) mass is 770 g/mol. The highest BCUT2D eigenvalue weighted by Crippen LogP contribution is 2.36. The molecule has 46 heavy (non-hydrogen) atoms. The first-order valence-electron chi connectivity index (χ1n) is 13.7. The number of nitrogens with zero attached hydrogens (tertiary/aromatic N) is 4. The van der Waals surface area contributed by atoms with Crippen LogP contribution in [0.2, 0.25) is 0 Å². The number of aromatic nitrogens is 1. The summed E-state index contributed by atoms with van der Waals surface area (Å²) in [7, 11) is 0. The quantitative estimate of drug-likeness (QED) is 0.114. The largest absolute Gasteiger partial charge is 0.487 e. The Morgan fingerprint density at radius 3 is 2.33 bits per heavy atom. The van der Waals surface area contributed by atoms with Gasteiger partial charge in [-0.05, 0) is 99.7 Å². The number of nitro benzene ring substituents is 2. The van der Waals surface area contributed by atoms with Crippen molar-refractivity contribution in [2.75, 3.05) is 6.61 Å². The lowest BCUT2D eigenvalue weighted by Gasteiger charge is -2.24. The summed E-state index contributed by atoms with van der Waals surface area (Å²) in [6.45, 7) is 5.17. The highest BCUT2D eigenvalue weighted by Gasteiger charge is 2.34. The summed E-state index contributed by atoms with van der Waals surface area (Å²) >= 11 is 8.18. The van der Waals surface area contributed by atoms with Crippen molar-refractivity contribution in [3.05, 3.63) is 137 Å². The Morgan fingerprint density at radius 1 is 1.04 bits per heavy atom. The molecule has 5 rings (SSSR count). The third kappa shape index (κ3) is 6.57. The van der Waals surface area contributed by atoms with Gasteiger partial charge in [-0.15, -0.1) is 0 Å². The van der Waals surface area contributed by atoms with E-state index in [1.807, 2.05) is 0 Å². The summed E-state index contributed by atoms with van der Waals surface area (Å²) in [5.74, 6) is -0.170. The van der Waals surface area contributed by atoms with Crippen LogP contribution in [0, 0.1) is 27.2 Å². The molecule has 0 fully saturated rings. The highest BCUT2D eigenvalue weighted by atomic mass is 79.9. The molecule has 4 aromatic rings. The summed E-state index contributed by atoms with van der Waals surface area (Å²) < 4.78 is 14.1. The van der Waals surface area contributed by atoms with Gasteiger partial charge in [0.2, 0.25) is 0 Å². The number of rotatable bonds is 9. The van der Waals surface area contributed by atoms with E-state index < -0.39 is 27.4 Å². The first-order chi connectivity index (χ1) is 21.9. The topological polar surface area (TPSA) is 156 Å². The summed E-state index contributed by atoms with van der Waals surface area (Å²) in [6, 6.07) is 13.2. The molecule has 3 aromatic carbocycles. The van der Waals surface area contributed by atoms with Crippen LogP contribution in [0.1, 0.15) is 42.1 Å². The maximum absolute atomic E-state index is 14.0. The van der Waals surface area contributed by atoms with Gasteiger partial charge in [0, 0.05) is 23.8 Å². The molecule has 0 bridgehead atoms. The van der Waals surface area contributed by atoms with Crippen LogP contribution in [0.5, 0.6) is 5.75 Å². The lowest BCUT2D eigenvalue weighted by atomic mass is 9.94. The Kier molecular flexibility index (Phi) is 9.65. The molecule has 12 nitrogen and oxygen atoms in total. The molecule has 0 saturated heterocycles. The van der Waals surface area contributed by atoms with Gasteiger partial charge < -0.3 is 9.47 Å². The zero-order chi connectivity index (χ0) is 33.3. The van der Waals surface area contributed by atoms with Gasteiger partial charge in [0.1, 0.15) is 12.4 Å². The molecular weight excluding hydrogens is 748 g/mol. The van der Waals surface area contributed by atoms with Crippen LogP contribution in [0.15, 0.2) is 84.6 Å². The third-order valence-electron chi connectivity index (χ3n) is 7.11. The Balaban J connectivity index is 1.55. The van der Waals surface area contributed by atoms with Crippen molar-refractivity contribution in [2.24, 2.45) is 4.99 Å². The van der Waals surface area contributed by atoms with Crippen LogP contribution in [0.3, 0.4) is 0 Å². The van der Waals surface area contributed by atoms with E-state index in [1.54, 1.807) is 63.2 Å². The molecule has 0 radical (unpaired) electrons. The number of thiazole rings is 1. The molecule has 0 N–H and O–H groups in total. The van der Waals surface area contributed by atoms with E-state index in [9.17, 15) is 29.8 Å². The van der Waals surface area contributed by atoms with Gasteiger partial charge in [0.25, 0.3) is 16.9 Å². The van der Waals surface area contributed by atoms with Gasteiger partial charge in [-0.1, -0.05) is 23.5 Å². The number of nitro groups is 2. The van der Waals surface area contributed by atoms with Crippen molar-refractivity contribution >= 4 is 66.6 Å². The minimum atomic E-state index is -0.995. The summed E-state index contributed by atoms with van der Waals surface area (Å²) in [4.78, 5) is 53.7. The normalized spacial score (nSPS) is 14.5. The Labute approximate surface area is 281 Å². The number of ether oxygens (including phenoxy) is 2. The van der Waals surface area contributed by atoms with Crippen LogP contribution in [-0.2, 0) is 16.1 Å². The first kappa shape index (κ1) is 32.9. The molecule has 1 aliphatic rings.